The molecule has 1 amide bonds. The Morgan fingerprint density at radius 3 is 3.05 bits per heavy atom. The van der Waals surface area contributed by atoms with Gasteiger partial charge in [0.15, 0.2) is 0 Å². The number of primary amides is 1. The summed E-state index contributed by atoms with van der Waals surface area (Å²) in [6.07, 6.45) is 2.40. The van der Waals surface area contributed by atoms with Crippen LogP contribution in [-0.2, 0) is 16.0 Å². The van der Waals surface area contributed by atoms with Crippen molar-refractivity contribution < 1.29 is 14.6 Å². The van der Waals surface area contributed by atoms with E-state index in [0.29, 0.717) is 26.2 Å². The largest absolute Gasteiger partial charge is 0.389 e. The molecule has 6 nitrogen and oxygen atoms in total. The maximum atomic E-state index is 10.5. The van der Waals surface area contributed by atoms with Crippen LogP contribution in [0.1, 0.15) is 29.8 Å². The lowest BCUT2D eigenvalue weighted by molar-refractivity contribution is -0.118. The van der Waals surface area contributed by atoms with Crippen molar-refractivity contribution in [3.05, 3.63) is 16.1 Å². The van der Waals surface area contributed by atoms with Crippen LogP contribution in [0.4, 0.5) is 0 Å². The highest BCUT2D eigenvalue weighted by molar-refractivity contribution is 7.09. The van der Waals surface area contributed by atoms with Gasteiger partial charge in [-0.3, -0.25) is 4.79 Å². The number of nitrogens with one attached hydrogen (secondary N) is 1. The van der Waals surface area contributed by atoms with Crippen molar-refractivity contribution in [3.63, 3.8) is 0 Å². The summed E-state index contributed by atoms with van der Waals surface area (Å²) in [5, 5.41) is 12.9. The first-order chi connectivity index (χ1) is 10.1. The van der Waals surface area contributed by atoms with Crippen molar-refractivity contribution in [1.29, 1.82) is 0 Å². The predicted octanol–water partition coefficient (Wildman–Crippen LogP) is 0.617. The molecular formula is C14H25N3O3S. The third kappa shape index (κ3) is 8.77. The number of nitrogens with two attached hydrogens (primary N) is 1. The molecule has 1 heterocycles. The predicted molar refractivity (Wildman–Crippen MR) is 83.3 cm³/mol. The Morgan fingerprint density at radius 1 is 1.57 bits per heavy atom. The van der Waals surface area contributed by atoms with Crippen molar-refractivity contribution in [2.45, 2.75) is 38.7 Å². The molecule has 0 spiro atoms. The third-order valence-electron chi connectivity index (χ3n) is 3.04. The average molecular weight is 315 g/mol. The SMILES string of the molecule is Cc1ncsc1CCOCC(O)CNCCCCC(N)=O. The number of rotatable bonds is 12. The van der Waals surface area contributed by atoms with Crippen molar-refractivity contribution in [2.75, 3.05) is 26.3 Å². The number of hydrogen-bond acceptors (Lipinski definition) is 6. The van der Waals surface area contributed by atoms with Crippen molar-refractivity contribution in [1.82, 2.24) is 10.3 Å². The quantitative estimate of drug-likeness (QED) is 0.491. The molecule has 1 aromatic rings. The van der Waals surface area contributed by atoms with Crippen LogP contribution < -0.4 is 11.1 Å². The molecule has 120 valence electrons. The highest BCUT2D eigenvalue weighted by Gasteiger charge is 2.05. The molecule has 0 saturated heterocycles. The van der Waals surface area contributed by atoms with Crippen LogP contribution in [0.5, 0.6) is 0 Å². The number of aromatic nitrogens is 1. The lowest BCUT2D eigenvalue weighted by Crippen LogP contribution is -2.31. The highest BCUT2D eigenvalue weighted by atomic mass is 32.1. The van der Waals surface area contributed by atoms with Crippen LogP contribution in [-0.4, -0.2) is 48.4 Å². The molecule has 1 atom stereocenters. The Morgan fingerprint density at radius 2 is 2.38 bits per heavy atom. The number of hydrogen-bond donors (Lipinski definition) is 3. The summed E-state index contributed by atoms with van der Waals surface area (Å²) in [6.45, 7) is 4.17. The van der Waals surface area contributed by atoms with E-state index in [1.165, 1.54) is 4.88 Å². The number of ether oxygens (including phenoxy) is 1. The van der Waals surface area contributed by atoms with Gasteiger partial charge >= 0.3 is 0 Å². The first-order valence-electron chi connectivity index (χ1n) is 7.23. The number of aliphatic hydroxyl groups is 1. The highest BCUT2D eigenvalue weighted by Crippen LogP contribution is 2.12. The summed E-state index contributed by atoms with van der Waals surface area (Å²) in [7, 11) is 0. The molecule has 7 heteroatoms. The molecule has 0 fully saturated rings. The van der Waals surface area contributed by atoms with E-state index in [2.05, 4.69) is 10.3 Å². The Labute approximate surface area is 129 Å². The van der Waals surface area contributed by atoms with Gasteiger partial charge in [-0.15, -0.1) is 11.3 Å². The number of amides is 1. The molecule has 0 bridgehead atoms. The van der Waals surface area contributed by atoms with E-state index in [1.54, 1.807) is 11.3 Å². The van der Waals surface area contributed by atoms with Crippen LogP contribution in [0.3, 0.4) is 0 Å². The van der Waals surface area contributed by atoms with E-state index in [-0.39, 0.29) is 5.91 Å². The Bertz CT molecular complexity index is 412. The fraction of sp³-hybridized carbons (Fsp3) is 0.714. The first kappa shape index (κ1) is 18.0. The van der Waals surface area contributed by atoms with Crippen LogP contribution >= 0.6 is 11.3 Å². The lowest BCUT2D eigenvalue weighted by Gasteiger charge is -2.12. The van der Waals surface area contributed by atoms with Gasteiger partial charge in [-0.25, -0.2) is 4.98 Å². The zero-order valence-electron chi connectivity index (χ0n) is 12.5. The molecule has 0 saturated carbocycles. The number of unbranched alkanes of at least 4 members (excludes halogenated alkanes) is 1. The van der Waals surface area contributed by atoms with E-state index in [0.717, 1.165) is 31.5 Å². The Hall–Kier alpha value is -1.02. The molecule has 1 rings (SSSR count). The fourth-order valence-electron chi connectivity index (χ4n) is 1.83. The van der Waals surface area contributed by atoms with E-state index < -0.39 is 6.10 Å². The number of aryl methyl sites for hydroxylation is 1. The van der Waals surface area contributed by atoms with Crippen molar-refractivity contribution in [3.8, 4) is 0 Å². The topological polar surface area (TPSA) is 97.5 Å². The van der Waals surface area contributed by atoms with Crippen LogP contribution in [0.25, 0.3) is 0 Å². The first-order valence-corrected chi connectivity index (χ1v) is 8.11. The molecule has 1 aromatic heterocycles. The summed E-state index contributed by atoms with van der Waals surface area (Å²) in [5.74, 6) is -0.264. The van der Waals surface area contributed by atoms with Gasteiger partial charge in [0, 0.05) is 24.3 Å². The molecule has 1 unspecified atom stereocenters. The fourth-order valence-corrected chi connectivity index (χ4v) is 2.59. The van der Waals surface area contributed by atoms with E-state index in [4.69, 9.17) is 10.5 Å². The van der Waals surface area contributed by atoms with Gasteiger partial charge in [-0.05, 0) is 26.3 Å². The standard InChI is InChI=1S/C14H25N3O3S/c1-11-13(21-10-17-11)5-7-20-9-12(18)8-16-6-3-2-4-14(15)19/h10,12,16,18H,2-9H2,1H3,(H2,15,19). The molecule has 21 heavy (non-hydrogen) atoms. The van der Waals surface area contributed by atoms with E-state index >= 15 is 0 Å². The second kappa shape index (κ2) is 10.7. The van der Waals surface area contributed by atoms with Gasteiger partial charge in [-0.2, -0.15) is 0 Å². The second-order valence-electron chi connectivity index (χ2n) is 4.97. The van der Waals surface area contributed by atoms with Crippen LogP contribution in [0.15, 0.2) is 5.51 Å². The summed E-state index contributed by atoms with van der Waals surface area (Å²) in [4.78, 5) is 15.9. The minimum atomic E-state index is -0.510. The number of carbonyl (C=O) groups is 1. The summed E-state index contributed by atoms with van der Waals surface area (Å²) in [5.41, 5.74) is 7.94. The van der Waals surface area contributed by atoms with Gasteiger partial charge in [0.2, 0.25) is 5.91 Å². The van der Waals surface area contributed by atoms with Crippen molar-refractivity contribution in [2.24, 2.45) is 5.73 Å². The van der Waals surface area contributed by atoms with Crippen molar-refractivity contribution >= 4 is 17.2 Å². The smallest absolute Gasteiger partial charge is 0.217 e. The Kier molecular flexibility index (Phi) is 9.16. The maximum Gasteiger partial charge on any atom is 0.217 e. The van der Waals surface area contributed by atoms with Gasteiger partial charge in [0.1, 0.15) is 0 Å². The summed E-state index contributed by atoms with van der Waals surface area (Å²) >= 11 is 1.63. The Balaban J connectivity index is 1.93. The summed E-state index contributed by atoms with van der Waals surface area (Å²) < 4.78 is 5.46. The number of aliphatic hydroxyl groups excluding tert-OH is 1. The molecular weight excluding hydrogens is 290 g/mol. The number of carbonyl (C=O) groups excluding carboxylic acids is 1. The minimum Gasteiger partial charge on any atom is -0.389 e. The van der Waals surface area contributed by atoms with Gasteiger partial charge in [-0.1, -0.05) is 0 Å². The number of nitrogens with zero attached hydrogens (tertiary/aromatic N) is 1. The average Bonchev–Trinajstić information content (AvgIpc) is 2.84. The monoisotopic (exact) mass is 315 g/mol. The zero-order chi connectivity index (χ0) is 15.5. The normalized spacial score (nSPS) is 12.5. The maximum absolute atomic E-state index is 10.5. The summed E-state index contributed by atoms with van der Waals surface area (Å²) in [6, 6.07) is 0. The molecule has 0 aliphatic rings. The van der Waals surface area contributed by atoms with Crippen LogP contribution in [0.2, 0.25) is 0 Å². The molecule has 0 aliphatic carbocycles. The van der Waals surface area contributed by atoms with Crippen LogP contribution in [0, 0.1) is 6.92 Å². The minimum absolute atomic E-state index is 0.264. The molecule has 4 N–H and O–H groups in total. The molecule has 0 aromatic carbocycles. The third-order valence-corrected chi connectivity index (χ3v) is 4.03. The lowest BCUT2D eigenvalue weighted by atomic mass is 10.2. The molecule has 0 radical (unpaired) electrons. The molecule has 0 aliphatic heterocycles. The second-order valence-corrected chi connectivity index (χ2v) is 5.91. The zero-order valence-corrected chi connectivity index (χ0v) is 13.3. The van der Waals surface area contributed by atoms with E-state index in [1.807, 2.05) is 12.4 Å². The van der Waals surface area contributed by atoms with E-state index in [9.17, 15) is 9.90 Å². The van der Waals surface area contributed by atoms with Gasteiger partial charge in [0.25, 0.3) is 0 Å². The van der Waals surface area contributed by atoms with Gasteiger partial charge in [0.05, 0.1) is 30.5 Å². The van der Waals surface area contributed by atoms with Gasteiger partial charge < -0.3 is 20.9 Å². The number of thiazole rings is 1.